The maximum Gasteiger partial charge on any atom is 1.00 e. The molecule has 0 fully saturated rings. The predicted molar refractivity (Wildman–Crippen MR) is 128 cm³/mol. The molecule has 10 heteroatoms. The number of nitrogen functional groups attached to an aromatic ring is 1. The van der Waals surface area contributed by atoms with Gasteiger partial charge in [-0.1, -0.05) is 48.5 Å². The van der Waals surface area contributed by atoms with E-state index in [4.69, 9.17) is 10.5 Å². The van der Waals surface area contributed by atoms with Crippen LogP contribution in [0.25, 0.3) is 0 Å². The normalized spacial score (nSPS) is 12.2. The first kappa shape index (κ1) is 25.6. The Bertz CT molecular complexity index is 1620. The number of nitrogens with one attached hydrogen (secondary N) is 1. The first-order valence-electron chi connectivity index (χ1n) is 10.4. The maximum absolute atomic E-state index is 13.4. The number of benzene rings is 4. The third-order valence-electron chi connectivity index (χ3n) is 5.56. The summed E-state index contributed by atoms with van der Waals surface area (Å²) in [6.45, 7) is 0. The summed E-state index contributed by atoms with van der Waals surface area (Å²) >= 11 is 0. The van der Waals surface area contributed by atoms with Crippen LogP contribution in [0.5, 0.6) is 11.5 Å². The monoisotopic (exact) mass is 508 g/mol. The number of nitrogens with two attached hydrogens (primary N) is 1. The zero-order chi connectivity index (χ0) is 24.7. The topological polar surface area (TPSA) is 139 Å². The van der Waals surface area contributed by atoms with Gasteiger partial charge in [0.1, 0.15) is 21.6 Å². The van der Waals surface area contributed by atoms with Gasteiger partial charge in [-0.2, -0.15) is 0 Å². The van der Waals surface area contributed by atoms with Crippen LogP contribution in [0, 0.1) is 0 Å². The van der Waals surface area contributed by atoms with Gasteiger partial charge in [0.2, 0.25) is 0 Å². The number of ether oxygens (including phenoxy) is 1. The Morgan fingerprint density at radius 2 is 1.33 bits per heavy atom. The van der Waals surface area contributed by atoms with Crippen LogP contribution in [0.15, 0.2) is 89.8 Å². The summed E-state index contributed by atoms with van der Waals surface area (Å²) < 4.78 is 41.7. The van der Waals surface area contributed by atoms with Gasteiger partial charge < -0.3 is 20.3 Å². The molecule has 0 amide bonds. The molecule has 0 atom stereocenters. The van der Waals surface area contributed by atoms with Crippen molar-refractivity contribution in [2.45, 2.75) is 4.90 Å². The number of rotatable bonds is 5. The average molecular weight is 508 g/mol. The van der Waals surface area contributed by atoms with Crippen molar-refractivity contribution >= 4 is 38.7 Å². The molecule has 0 unspecified atom stereocenters. The van der Waals surface area contributed by atoms with Gasteiger partial charge in [-0.25, -0.2) is 8.42 Å². The molecular weight excluding hydrogens is 491 g/mol. The fraction of sp³-hybridized carbons (Fsp3) is 0. The number of para-hydroxylation sites is 1. The van der Waals surface area contributed by atoms with E-state index >= 15 is 0 Å². The minimum atomic E-state index is -5.05. The Kier molecular flexibility index (Phi) is 7.03. The third-order valence-corrected chi connectivity index (χ3v) is 6.44. The van der Waals surface area contributed by atoms with Gasteiger partial charge in [0.05, 0.1) is 27.4 Å². The molecular formula is C26H17N2NaO6S. The van der Waals surface area contributed by atoms with E-state index in [2.05, 4.69) is 5.32 Å². The summed E-state index contributed by atoms with van der Waals surface area (Å²) in [7, 11) is -5.05. The minimum absolute atomic E-state index is 0. The molecule has 0 bridgehead atoms. The van der Waals surface area contributed by atoms with E-state index in [1.54, 1.807) is 48.5 Å². The van der Waals surface area contributed by atoms with Crippen molar-refractivity contribution in [3.05, 3.63) is 107 Å². The van der Waals surface area contributed by atoms with Crippen LogP contribution in [0.1, 0.15) is 31.8 Å². The van der Waals surface area contributed by atoms with E-state index in [0.717, 1.165) is 6.07 Å². The van der Waals surface area contributed by atoms with Crippen LogP contribution in [0.2, 0.25) is 0 Å². The summed E-state index contributed by atoms with van der Waals surface area (Å²) in [4.78, 5) is 25.8. The second-order valence-electron chi connectivity index (χ2n) is 7.81. The van der Waals surface area contributed by atoms with E-state index in [1.807, 2.05) is 18.2 Å². The Morgan fingerprint density at radius 1 is 0.750 bits per heavy atom. The van der Waals surface area contributed by atoms with E-state index in [-0.39, 0.29) is 57.5 Å². The largest absolute Gasteiger partial charge is 1.00 e. The summed E-state index contributed by atoms with van der Waals surface area (Å²) in [5, 5.41) is 2.97. The SMILES string of the molecule is Nc1c(S(=O)(=O)[O-])cc(Nc2cccc(Oc3ccccc3)c2)c2c1C(=O)c1ccccc1C2=O.[Na+]. The fourth-order valence-electron chi connectivity index (χ4n) is 4.02. The first-order valence-corrected chi connectivity index (χ1v) is 11.9. The van der Waals surface area contributed by atoms with Crippen LogP contribution in [0.4, 0.5) is 17.1 Å². The van der Waals surface area contributed by atoms with Crippen molar-refractivity contribution in [3.63, 3.8) is 0 Å². The molecule has 174 valence electrons. The smallest absolute Gasteiger partial charge is 0.744 e. The van der Waals surface area contributed by atoms with E-state index < -0.39 is 32.3 Å². The molecule has 4 aromatic carbocycles. The number of carbonyl (C=O) groups excluding carboxylic acids is 2. The molecule has 1 aliphatic carbocycles. The molecule has 1 aliphatic rings. The van der Waals surface area contributed by atoms with Gasteiger partial charge in [0.25, 0.3) is 0 Å². The van der Waals surface area contributed by atoms with Crippen molar-refractivity contribution < 1.29 is 56.9 Å². The van der Waals surface area contributed by atoms with Gasteiger partial charge in [0.15, 0.2) is 11.6 Å². The first-order chi connectivity index (χ1) is 16.7. The molecule has 0 aliphatic heterocycles. The molecule has 4 aromatic rings. The zero-order valence-corrected chi connectivity index (χ0v) is 21.8. The Labute approximate surface area is 229 Å². The average Bonchev–Trinajstić information content (AvgIpc) is 2.83. The number of carbonyl (C=O) groups is 2. The van der Waals surface area contributed by atoms with Crippen LogP contribution in [-0.2, 0) is 10.1 Å². The van der Waals surface area contributed by atoms with Crippen molar-refractivity contribution in [1.82, 2.24) is 0 Å². The van der Waals surface area contributed by atoms with E-state index in [0.29, 0.717) is 17.2 Å². The van der Waals surface area contributed by atoms with Crippen LogP contribution in [0.3, 0.4) is 0 Å². The Hall–Kier alpha value is -3.47. The van der Waals surface area contributed by atoms with E-state index in [9.17, 15) is 22.6 Å². The number of anilines is 3. The molecule has 36 heavy (non-hydrogen) atoms. The quantitative estimate of drug-likeness (QED) is 0.207. The van der Waals surface area contributed by atoms with Gasteiger partial charge in [0, 0.05) is 22.9 Å². The number of hydrogen-bond donors (Lipinski definition) is 2. The fourth-order valence-corrected chi connectivity index (χ4v) is 4.65. The van der Waals surface area contributed by atoms with Crippen LogP contribution in [-0.4, -0.2) is 24.5 Å². The molecule has 0 spiro atoms. The zero-order valence-electron chi connectivity index (χ0n) is 19.0. The third kappa shape index (κ3) is 4.67. The van der Waals surface area contributed by atoms with Crippen molar-refractivity contribution in [2.24, 2.45) is 0 Å². The molecule has 0 radical (unpaired) electrons. The summed E-state index contributed by atoms with van der Waals surface area (Å²) in [5.74, 6) is -0.0834. The number of hydrogen-bond acceptors (Lipinski definition) is 8. The second kappa shape index (κ2) is 9.88. The molecule has 0 heterocycles. The summed E-state index contributed by atoms with van der Waals surface area (Å²) in [6, 6.07) is 22.9. The standard InChI is InChI=1S/C26H18N2O6S.Na/c27-24-21(35(31,32)33)14-20(22-23(24)26(30)19-12-5-4-11-18(19)25(22)29)28-15-7-6-10-17(13-15)34-16-8-2-1-3-9-16;/h1-14,28H,27H2,(H,31,32,33);/q;+1/p-1. The minimum Gasteiger partial charge on any atom is -0.744 e. The molecule has 5 rings (SSSR count). The summed E-state index contributed by atoms with van der Waals surface area (Å²) in [5.41, 5.74) is 5.65. The predicted octanol–water partition coefficient (Wildman–Crippen LogP) is 1.49. The number of fused-ring (bicyclic) bond motifs is 2. The molecule has 0 aromatic heterocycles. The number of ketones is 2. The van der Waals surface area contributed by atoms with Gasteiger partial charge >= 0.3 is 29.6 Å². The van der Waals surface area contributed by atoms with Gasteiger partial charge in [-0.15, -0.1) is 0 Å². The molecule has 0 saturated carbocycles. The van der Waals surface area contributed by atoms with Gasteiger partial charge in [-0.05, 0) is 30.3 Å². The van der Waals surface area contributed by atoms with Crippen LogP contribution < -0.4 is 45.3 Å². The van der Waals surface area contributed by atoms with Crippen LogP contribution >= 0.6 is 0 Å². The maximum atomic E-state index is 13.4. The Morgan fingerprint density at radius 3 is 1.97 bits per heavy atom. The molecule has 3 N–H and O–H groups in total. The van der Waals surface area contributed by atoms with Crippen molar-refractivity contribution in [2.75, 3.05) is 11.1 Å². The summed E-state index contributed by atoms with van der Waals surface area (Å²) in [6.07, 6.45) is 0. The van der Waals surface area contributed by atoms with Crippen molar-refractivity contribution in [3.8, 4) is 11.5 Å². The van der Waals surface area contributed by atoms with Crippen molar-refractivity contribution in [1.29, 1.82) is 0 Å². The van der Waals surface area contributed by atoms with E-state index in [1.165, 1.54) is 12.1 Å². The Balaban J connectivity index is 0.00000304. The van der Waals surface area contributed by atoms with Gasteiger partial charge in [-0.3, -0.25) is 9.59 Å². The molecule has 0 saturated heterocycles. The second-order valence-corrected chi connectivity index (χ2v) is 9.16. The molecule has 8 nitrogen and oxygen atoms in total.